The van der Waals surface area contributed by atoms with Gasteiger partial charge in [-0.25, -0.2) is 8.42 Å². The van der Waals surface area contributed by atoms with Crippen LogP contribution in [0, 0.1) is 6.92 Å². The maximum Gasteiger partial charge on any atom is 0.199 e. The minimum Gasteiger partial charge on any atom is -0.411 e. The van der Waals surface area contributed by atoms with E-state index in [9.17, 15) is 8.42 Å². The zero-order valence-electron chi connectivity index (χ0n) is 12.2. The molecular formula is C17H17NO3S. The van der Waals surface area contributed by atoms with Gasteiger partial charge in [-0.2, -0.15) is 0 Å². The summed E-state index contributed by atoms with van der Waals surface area (Å²) in [5.41, 5.74) is 2.36. The van der Waals surface area contributed by atoms with Gasteiger partial charge < -0.3 is 5.21 Å². The lowest BCUT2D eigenvalue weighted by molar-refractivity contribution is 0.318. The molecule has 0 unspecified atom stereocenters. The van der Waals surface area contributed by atoms with Crippen LogP contribution in [0.4, 0.5) is 0 Å². The van der Waals surface area contributed by atoms with Crippen LogP contribution in [0.3, 0.4) is 0 Å². The average Bonchev–Trinajstić information content (AvgIpc) is 2.54. The highest BCUT2D eigenvalue weighted by Gasteiger charge is 2.09. The number of hydrogen-bond donors (Lipinski definition) is 1. The van der Waals surface area contributed by atoms with Gasteiger partial charge in [-0.15, -0.1) is 0 Å². The number of nitrogens with zero attached hydrogens (tertiary/aromatic N) is 1. The summed E-state index contributed by atoms with van der Waals surface area (Å²) in [5.74, 6) is 0. The van der Waals surface area contributed by atoms with Crippen LogP contribution in [-0.2, 0) is 16.3 Å². The van der Waals surface area contributed by atoms with Crippen LogP contribution in [0.2, 0.25) is 0 Å². The predicted octanol–water partition coefficient (Wildman–Crippen LogP) is 3.36. The highest BCUT2D eigenvalue weighted by atomic mass is 32.2. The molecule has 0 heterocycles. The highest BCUT2D eigenvalue weighted by Crippen LogP contribution is 2.12. The van der Waals surface area contributed by atoms with Crippen LogP contribution >= 0.6 is 0 Å². The first-order valence-corrected chi connectivity index (χ1v) is 8.30. The molecule has 0 aromatic heterocycles. The normalized spacial score (nSPS) is 12.7. The Bertz CT molecular complexity index is 776. The van der Waals surface area contributed by atoms with E-state index in [1.54, 1.807) is 18.2 Å². The standard InChI is InChI=1S/C17H17NO3S/c1-14-7-9-15(10-8-14)13-16(18-19)11-12-22(20,21)17-5-3-2-4-6-17/h2-12,19H,13H2,1H3/b12-11+,18-16-. The largest absolute Gasteiger partial charge is 0.411 e. The van der Waals surface area contributed by atoms with Crippen LogP contribution < -0.4 is 0 Å². The van der Waals surface area contributed by atoms with Gasteiger partial charge in [0.1, 0.15) is 0 Å². The smallest absolute Gasteiger partial charge is 0.199 e. The maximum absolute atomic E-state index is 12.1. The van der Waals surface area contributed by atoms with E-state index in [1.165, 1.54) is 18.2 Å². The molecule has 0 fully saturated rings. The number of benzene rings is 2. The molecule has 1 N–H and O–H groups in total. The number of hydrogen-bond acceptors (Lipinski definition) is 4. The van der Waals surface area contributed by atoms with Crippen molar-refractivity contribution in [2.24, 2.45) is 5.16 Å². The Morgan fingerprint density at radius 2 is 1.73 bits per heavy atom. The summed E-state index contributed by atoms with van der Waals surface area (Å²) in [7, 11) is -3.54. The average molecular weight is 315 g/mol. The molecule has 22 heavy (non-hydrogen) atoms. The van der Waals surface area contributed by atoms with Crippen molar-refractivity contribution in [1.82, 2.24) is 0 Å². The van der Waals surface area contributed by atoms with E-state index in [2.05, 4.69) is 5.16 Å². The summed E-state index contributed by atoms with van der Waals surface area (Å²) >= 11 is 0. The van der Waals surface area contributed by atoms with Gasteiger partial charge in [0.2, 0.25) is 0 Å². The van der Waals surface area contributed by atoms with Gasteiger partial charge >= 0.3 is 0 Å². The molecule has 5 heteroatoms. The van der Waals surface area contributed by atoms with Gasteiger partial charge in [0.05, 0.1) is 10.6 Å². The molecule has 2 rings (SSSR count). The molecular weight excluding hydrogens is 298 g/mol. The fourth-order valence-electron chi connectivity index (χ4n) is 1.90. The number of allylic oxidation sites excluding steroid dienone is 1. The van der Waals surface area contributed by atoms with Crippen LogP contribution in [-0.4, -0.2) is 19.3 Å². The van der Waals surface area contributed by atoms with Crippen molar-refractivity contribution in [2.75, 3.05) is 0 Å². The third-order valence-electron chi connectivity index (χ3n) is 3.15. The van der Waals surface area contributed by atoms with E-state index in [4.69, 9.17) is 5.21 Å². The fourth-order valence-corrected chi connectivity index (χ4v) is 2.93. The molecule has 0 saturated carbocycles. The molecule has 0 bridgehead atoms. The van der Waals surface area contributed by atoms with Crippen molar-refractivity contribution < 1.29 is 13.6 Å². The van der Waals surface area contributed by atoms with Crippen molar-refractivity contribution in [1.29, 1.82) is 0 Å². The molecule has 0 aliphatic rings. The Morgan fingerprint density at radius 3 is 2.32 bits per heavy atom. The van der Waals surface area contributed by atoms with E-state index in [-0.39, 0.29) is 10.6 Å². The SMILES string of the molecule is Cc1ccc(CC(/C=C/S(=O)(=O)c2ccccc2)=N\O)cc1. The quantitative estimate of drug-likeness (QED) is 0.522. The van der Waals surface area contributed by atoms with E-state index in [1.807, 2.05) is 31.2 Å². The molecule has 0 aliphatic heterocycles. The number of rotatable bonds is 5. The molecule has 2 aromatic carbocycles. The number of aryl methyl sites for hydroxylation is 1. The van der Waals surface area contributed by atoms with Gasteiger partial charge in [0, 0.05) is 11.8 Å². The number of sulfone groups is 1. The van der Waals surface area contributed by atoms with E-state index < -0.39 is 9.84 Å². The number of oxime groups is 1. The Morgan fingerprint density at radius 1 is 1.09 bits per heavy atom. The summed E-state index contributed by atoms with van der Waals surface area (Å²) < 4.78 is 24.3. The van der Waals surface area contributed by atoms with Crippen molar-refractivity contribution in [3.05, 3.63) is 77.2 Å². The van der Waals surface area contributed by atoms with Gasteiger partial charge in [-0.3, -0.25) is 0 Å². The first-order chi connectivity index (χ1) is 10.5. The predicted molar refractivity (Wildman–Crippen MR) is 86.9 cm³/mol. The Hall–Kier alpha value is -2.40. The second-order valence-electron chi connectivity index (χ2n) is 4.91. The second kappa shape index (κ2) is 7.04. The molecule has 114 valence electrons. The first kappa shape index (κ1) is 16.0. The molecule has 0 radical (unpaired) electrons. The van der Waals surface area contributed by atoms with Crippen LogP contribution in [0.25, 0.3) is 0 Å². The topological polar surface area (TPSA) is 66.7 Å². The molecule has 0 aliphatic carbocycles. The lowest BCUT2D eigenvalue weighted by atomic mass is 10.1. The zero-order chi connectivity index (χ0) is 16.0. The molecule has 2 aromatic rings. The Kier molecular flexibility index (Phi) is 5.12. The third-order valence-corrected chi connectivity index (χ3v) is 4.57. The summed E-state index contributed by atoms with van der Waals surface area (Å²) in [6, 6.07) is 15.9. The van der Waals surface area contributed by atoms with E-state index >= 15 is 0 Å². The van der Waals surface area contributed by atoms with E-state index in [0.717, 1.165) is 16.5 Å². The lowest BCUT2D eigenvalue weighted by Gasteiger charge is -2.02. The third kappa shape index (κ3) is 4.30. The molecule has 4 nitrogen and oxygen atoms in total. The summed E-state index contributed by atoms with van der Waals surface area (Å²) in [4.78, 5) is 0.207. The maximum atomic E-state index is 12.1. The van der Waals surface area contributed by atoms with Gasteiger partial charge in [-0.05, 0) is 30.7 Å². The summed E-state index contributed by atoms with van der Waals surface area (Å²) in [6.07, 6.45) is 1.68. The Balaban J connectivity index is 2.15. The lowest BCUT2D eigenvalue weighted by Crippen LogP contribution is -2.02. The fraction of sp³-hybridized carbons (Fsp3) is 0.118. The van der Waals surface area contributed by atoms with Gasteiger partial charge in [-0.1, -0.05) is 53.2 Å². The van der Waals surface area contributed by atoms with Crippen molar-refractivity contribution in [3.63, 3.8) is 0 Å². The van der Waals surface area contributed by atoms with Gasteiger partial charge in [0.25, 0.3) is 0 Å². The van der Waals surface area contributed by atoms with Crippen molar-refractivity contribution in [3.8, 4) is 0 Å². The summed E-state index contributed by atoms with van der Waals surface area (Å²) in [6.45, 7) is 1.98. The molecule has 0 amide bonds. The van der Waals surface area contributed by atoms with Crippen molar-refractivity contribution >= 4 is 15.5 Å². The monoisotopic (exact) mass is 315 g/mol. The van der Waals surface area contributed by atoms with Crippen LogP contribution in [0.1, 0.15) is 11.1 Å². The minimum atomic E-state index is -3.54. The van der Waals surface area contributed by atoms with Crippen LogP contribution in [0.15, 0.2) is 76.1 Å². The molecule has 0 spiro atoms. The zero-order valence-corrected chi connectivity index (χ0v) is 13.0. The summed E-state index contributed by atoms with van der Waals surface area (Å²) in [5, 5.41) is 13.3. The minimum absolute atomic E-state index is 0.207. The van der Waals surface area contributed by atoms with Gasteiger partial charge in [0.15, 0.2) is 9.84 Å². The van der Waals surface area contributed by atoms with E-state index in [0.29, 0.717) is 6.42 Å². The molecule has 0 atom stereocenters. The first-order valence-electron chi connectivity index (χ1n) is 6.76. The Labute approximate surface area is 130 Å². The van der Waals surface area contributed by atoms with Crippen molar-refractivity contribution in [2.45, 2.75) is 18.2 Å². The van der Waals surface area contributed by atoms with Crippen LogP contribution in [0.5, 0.6) is 0 Å². The highest BCUT2D eigenvalue weighted by molar-refractivity contribution is 7.94. The molecule has 0 saturated heterocycles. The second-order valence-corrected chi connectivity index (χ2v) is 6.75.